The zero-order valence-corrected chi connectivity index (χ0v) is 4.81. The fraction of sp³-hybridized carbons (Fsp3) is 0.600. The Kier molecular flexibility index (Phi) is 3.16. The van der Waals surface area contributed by atoms with Gasteiger partial charge < -0.3 is 9.59 Å². The summed E-state index contributed by atoms with van der Waals surface area (Å²) in [6.45, 7) is 1.43. The molecule has 0 rings (SSSR count). The topological polar surface area (TPSA) is 34.1 Å². The molecule has 8 heavy (non-hydrogen) atoms. The average Bonchev–Trinajstić information content (AvgIpc) is 1.61. The normalized spacial score (nSPS) is 8.62. The number of Topliss-reactive ketones (excluding diaryl/α,β-unsaturated/α-hetero) is 1. The molecule has 0 saturated carbocycles. The van der Waals surface area contributed by atoms with Gasteiger partial charge in [0.2, 0.25) is 0 Å². The maximum Gasteiger partial charge on any atom is 0.167 e. The molecule has 0 unspecified atom stereocenters. The predicted octanol–water partition coefficient (Wildman–Crippen LogP) is 0.0507. The molecule has 0 spiro atoms. The quantitative estimate of drug-likeness (QED) is 0.481. The molecule has 0 aliphatic heterocycles. The minimum absolute atomic E-state index is 0.00352. The van der Waals surface area contributed by atoms with E-state index in [1.54, 1.807) is 0 Å². The van der Waals surface area contributed by atoms with Crippen molar-refractivity contribution in [3.63, 3.8) is 0 Å². The molecule has 3 heteroatoms. The second-order valence-electron chi connectivity index (χ2n) is 1.67. The zero-order valence-electron chi connectivity index (χ0n) is 4.81. The Bertz CT molecular complexity index is 95.0. The summed E-state index contributed by atoms with van der Waals surface area (Å²) in [5.74, 6) is 0.00352. The number of ketones is 1. The van der Waals surface area contributed by atoms with E-state index >= 15 is 0 Å². The van der Waals surface area contributed by atoms with Gasteiger partial charge in [0.25, 0.3) is 0 Å². The lowest BCUT2D eigenvalue weighted by Gasteiger charge is -1.87. The maximum atomic E-state index is 10.1. The van der Waals surface area contributed by atoms with Gasteiger partial charge in [-0.05, 0) is 6.92 Å². The number of hydrogen-bond donors (Lipinski definition) is 0. The van der Waals surface area contributed by atoms with Crippen molar-refractivity contribution in [2.75, 3.05) is 0 Å². The minimum Gasteiger partial charge on any atom is -0.313 e. The molecule has 42 valence electrons. The molecule has 0 aromatic heterocycles. The van der Waals surface area contributed by atoms with Crippen LogP contribution in [0.15, 0.2) is 0 Å². The largest absolute Gasteiger partial charge is 0.313 e. The fourth-order valence-electron chi connectivity index (χ4n) is 0.299. The van der Waals surface area contributed by atoms with Gasteiger partial charge >= 0.3 is 0 Å². The van der Waals surface area contributed by atoms with Gasteiger partial charge in [0, 0.05) is 12.8 Å². The van der Waals surface area contributed by atoms with E-state index in [0.29, 0.717) is 0 Å². The van der Waals surface area contributed by atoms with Crippen LogP contribution in [0.3, 0.4) is 0 Å². The van der Waals surface area contributed by atoms with E-state index in [4.69, 9.17) is 7.85 Å². The van der Waals surface area contributed by atoms with Gasteiger partial charge in [0.15, 0.2) is 7.85 Å². The van der Waals surface area contributed by atoms with Crippen LogP contribution in [0.1, 0.15) is 19.8 Å². The Morgan fingerprint density at radius 1 is 1.38 bits per heavy atom. The maximum absolute atomic E-state index is 10.1. The lowest BCUT2D eigenvalue weighted by Crippen LogP contribution is -1.99. The summed E-state index contributed by atoms with van der Waals surface area (Å²) in [5.41, 5.74) is -0.416. The van der Waals surface area contributed by atoms with Crippen molar-refractivity contribution in [1.29, 1.82) is 0 Å². The molecular formula is C5H7BO2. The SMILES string of the molecule is [B]C(=O)CCC(C)=O. The molecule has 0 bridgehead atoms. The van der Waals surface area contributed by atoms with Crippen LogP contribution < -0.4 is 0 Å². The van der Waals surface area contributed by atoms with E-state index in [9.17, 15) is 9.59 Å². The summed E-state index contributed by atoms with van der Waals surface area (Å²) in [5, 5.41) is 0. The van der Waals surface area contributed by atoms with Crippen LogP contribution in [-0.4, -0.2) is 19.3 Å². The second kappa shape index (κ2) is 3.41. The first-order chi connectivity index (χ1) is 3.63. The minimum atomic E-state index is -0.416. The lowest BCUT2D eigenvalue weighted by atomic mass is 9.97. The van der Waals surface area contributed by atoms with Gasteiger partial charge in [-0.25, -0.2) is 0 Å². The third kappa shape index (κ3) is 5.40. The van der Waals surface area contributed by atoms with Gasteiger partial charge in [-0.15, -0.1) is 0 Å². The molecule has 0 aliphatic rings. The molecule has 0 fully saturated rings. The highest BCUT2D eigenvalue weighted by Crippen LogP contribution is 1.87. The Labute approximate surface area is 49.7 Å². The molecule has 0 atom stereocenters. The van der Waals surface area contributed by atoms with Gasteiger partial charge in [-0.2, -0.15) is 0 Å². The van der Waals surface area contributed by atoms with Crippen molar-refractivity contribution in [3.05, 3.63) is 0 Å². The van der Waals surface area contributed by atoms with Gasteiger partial charge in [0.1, 0.15) is 5.78 Å². The van der Waals surface area contributed by atoms with E-state index in [0.717, 1.165) is 0 Å². The summed E-state index contributed by atoms with van der Waals surface area (Å²) in [6.07, 6.45) is 0.449. The first-order valence-corrected chi connectivity index (χ1v) is 2.40. The van der Waals surface area contributed by atoms with Crippen LogP contribution in [0.4, 0.5) is 0 Å². The van der Waals surface area contributed by atoms with Crippen molar-refractivity contribution in [2.45, 2.75) is 19.8 Å². The van der Waals surface area contributed by atoms with E-state index in [1.165, 1.54) is 6.92 Å². The van der Waals surface area contributed by atoms with Crippen molar-refractivity contribution in [3.8, 4) is 0 Å². The number of hydrogen-bond acceptors (Lipinski definition) is 2. The molecule has 0 aromatic carbocycles. The monoisotopic (exact) mass is 110 g/mol. The summed E-state index contributed by atoms with van der Waals surface area (Å²) in [4.78, 5) is 20.1. The van der Waals surface area contributed by atoms with Crippen molar-refractivity contribution in [1.82, 2.24) is 0 Å². The van der Waals surface area contributed by atoms with Crippen LogP contribution in [0.25, 0.3) is 0 Å². The van der Waals surface area contributed by atoms with Gasteiger partial charge in [-0.1, -0.05) is 0 Å². The van der Waals surface area contributed by atoms with E-state index in [1.807, 2.05) is 0 Å². The van der Waals surface area contributed by atoms with E-state index < -0.39 is 5.68 Å². The summed E-state index contributed by atoms with van der Waals surface area (Å²) >= 11 is 0. The smallest absolute Gasteiger partial charge is 0.167 e. The summed E-state index contributed by atoms with van der Waals surface area (Å²) in [6, 6.07) is 0. The van der Waals surface area contributed by atoms with Crippen LogP contribution >= 0.6 is 0 Å². The van der Waals surface area contributed by atoms with Crippen molar-refractivity contribution >= 4 is 19.3 Å². The highest BCUT2D eigenvalue weighted by molar-refractivity contribution is 6.57. The highest BCUT2D eigenvalue weighted by atomic mass is 16.1. The van der Waals surface area contributed by atoms with Crippen LogP contribution in [0, 0.1) is 0 Å². The van der Waals surface area contributed by atoms with E-state index in [2.05, 4.69) is 0 Å². The van der Waals surface area contributed by atoms with Gasteiger partial charge in [0.05, 0.1) is 5.68 Å². The Hall–Kier alpha value is -0.595. The molecule has 0 amide bonds. The third-order valence-corrected chi connectivity index (χ3v) is 0.723. The first kappa shape index (κ1) is 7.40. The Morgan fingerprint density at radius 3 is 2.00 bits per heavy atom. The molecular weight excluding hydrogens is 103 g/mol. The summed E-state index contributed by atoms with van der Waals surface area (Å²) in [7, 11) is 4.75. The van der Waals surface area contributed by atoms with Crippen molar-refractivity contribution in [2.24, 2.45) is 0 Å². The zero-order chi connectivity index (χ0) is 6.57. The summed E-state index contributed by atoms with van der Waals surface area (Å²) < 4.78 is 0. The number of carbonyl (C=O) groups is 2. The first-order valence-electron chi connectivity index (χ1n) is 2.40. The molecule has 0 saturated heterocycles. The van der Waals surface area contributed by atoms with Gasteiger partial charge in [-0.3, -0.25) is 0 Å². The second-order valence-corrected chi connectivity index (χ2v) is 1.67. The molecule has 0 aromatic rings. The standard InChI is InChI=1S/C5H7BO2/c1-4(7)2-3-5(6)8/h2-3H2,1H3. The number of rotatable bonds is 3. The Balaban J connectivity index is 3.18. The predicted molar refractivity (Wildman–Crippen MR) is 30.7 cm³/mol. The molecule has 2 radical (unpaired) electrons. The van der Waals surface area contributed by atoms with E-state index in [-0.39, 0.29) is 18.6 Å². The third-order valence-electron chi connectivity index (χ3n) is 0.723. The molecule has 2 nitrogen and oxygen atoms in total. The fourth-order valence-corrected chi connectivity index (χ4v) is 0.299. The highest BCUT2D eigenvalue weighted by Gasteiger charge is 1.94. The van der Waals surface area contributed by atoms with Crippen LogP contribution in [0.2, 0.25) is 0 Å². The van der Waals surface area contributed by atoms with Crippen LogP contribution in [0.5, 0.6) is 0 Å². The molecule has 0 aliphatic carbocycles. The average molecular weight is 110 g/mol. The van der Waals surface area contributed by atoms with Crippen molar-refractivity contribution < 1.29 is 9.59 Å². The Morgan fingerprint density at radius 2 is 1.88 bits per heavy atom. The lowest BCUT2D eigenvalue weighted by molar-refractivity contribution is -0.119. The van der Waals surface area contributed by atoms with Crippen LogP contribution in [-0.2, 0) is 9.59 Å². The molecule has 0 heterocycles. The molecule has 0 N–H and O–H groups in total. The number of carbonyl (C=O) groups excluding carboxylic acids is 2.